The maximum atomic E-state index is 13.7. The summed E-state index contributed by atoms with van der Waals surface area (Å²) < 4.78 is 46.9. The Kier molecular flexibility index (Phi) is 6.01. The number of ether oxygens (including phenoxy) is 1. The summed E-state index contributed by atoms with van der Waals surface area (Å²) in [6, 6.07) is 15.9. The van der Waals surface area contributed by atoms with E-state index in [0.717, 1.165) is 16.8 Å². The Morgan fingerprint density at radius 1 is 1.06 bits per heavy atom. The number of anilines is 1. The molecule has 0 bridgehead atoms. The molecule has 1 aromatic heterocycles. The highest BCUT2D eigenvalue weighted by Crippen LogP contribution is 2.39. The Morgan fingerprint density at radius 3 is 2.46 bits per heavy atom. The van der Waals surface area contributed by atoms with Crippen LogP contribution in [-0.4, -0.2) is 41.2 Å². The first-order valence-corrected chi connectivity index (χ1v) is 11.6. The second-order valence-corrected chi connectivity index (χ2v) is 9.31. The zero-order chi connectivity index (χ0) is 24.6. The van der Waals surface area contributed by atoms with E-state index < -0.39 is 17.3 Å². The molecular formula is C27H26F3N3O2. The zero-order valence-corrected chi connectivity index (χ0v) is 19.4. The molecule has 1 spiro atoms. The van der Waals surface area contributed by atoms with Crippen LogP contribution >= 0.6 is 0 Å². The zero-order valence-electron chi connectivity index (χ0n) is 19.4. The number of aromatic nitrogens is 1. The molecule has 2 saturated heterocycles. The number of alkyl halides is 3. The van der Waals surface area contributed by atoms with Crippen LogP contribution in [0.2, 0.25) is 0 Å². The van der Waals surface area contributed by atoms with E-state index in [4.69, 9.17) is 4.74 Å². The second kappa shape index (κ2) is 9.00. The molecule has 3 aromatic rings. The van der Waals surface area contributed by atoms with E-state index in [1.54, 1.807) is 29.4 Å². The lowest BCUT2D eigenvalue weighted by molar-refractivity contribution is -0.138. The van der Waals surface area contributed by atoms with Crippen molar-refractivity contribution < 1.29 is 22.7 Å². The van der Waals surface area contributed by atoms with Crippen LogP contribution in [-0.2, 0) is 17.5 Å². The Bertz CT molecular complexity index is 1210. The second-order valence-electron chi connectivity index (χ2n) is 9.31. The van der Waals surface area contributed by atoms with Crippen LogP contribution in [0.25, 0.3) is 11.1 Å². The average Bonchev–Trinajstić information content (AvgIpc) is 3.17. The summed E-state index contributed by atoms with van der Waals surface area (Å²) in [6.07, 6.45) is -0.197. The lowest BCUT2D eigenvalue weighted by Crippen LogP contribution is -2.46. The Morgan fingerprint density at radius 2 is 1.80 bits per heavy atom. The molecule has 1 amide bonds. The van der Waals surface area contributed by atoms with Crippen molar-refractivity contribution in [2.24, 2.45) is 0 Å². The number of rotatable bonds is 4. The topological polar surface area (TPSA) is 45.7 Å². The Labute approximate surface area is 202 Å². The van der Waals surface area contributed by atoms with Crippen molar-refractivity contribution in [3.05, 3.63) is 83.7 Å². The minimum absolute atomic E-state index is 0.191. The van der Waals surface area contributed by atoms with Crippen molar-refractivity contribution in [2.45, 2.75) is 38.1 Å². The lowest BCUT2D eigenvalue weighted by atomic mass is 9.90. The monoisotopic (exact) mass is 481 g/mol. The van der Waals surface area contributed by atoms with Crippen LogP contribution in [0.3, 0.4) is 0 Å². The van der Waals surface area contributed by atoms with Crippen LogP contribution in [0.1, 0.15) is 29.5 Å². The van der Waals surface area contributed by atoms with Crippen molar-refractivity contribution in [1.82, 2.24) is 9.88 Å². The number of pyridine rings is 1. The summed E-state index contributed by atoms with van der Waals surface area (Å²) in [6.45, 7) is 3.59. The van der Waals surface area contributed by atoms with Crippen molar-refractivity contribution in [3.63, 3.8) is 0 Å². The fraction of sp³-hybridized carbons (Fsp3) is 0.333. The molecule has 5 rings (SSSR count). The maximum Gasteiger partial charge on any atom is 0.416 e. The molecule has 182 valence electrons. The third-order valence-corrected chi connectivity index (χ3v) is 6.93. The molecule has 0 radical (unpaired) electrons. The van der Waals surface area contributed by atoms with Crippen molar-refractivity contribution >= 4 is 11.8 Å². The number of nitrogens with zero attached hydrogens (tertiary/aromatic N) is 3. The number of carbonyl (C=O) groups excluding carboxylic acids is 1. The standard InChI is InChI=1S/C27H26F3N3O2/c1-19-14-23(20-6-5-11-31-16-20)21(15-24(19)27(28,29)30)17-32-12-9-26(10-13-32)18-33(25(34)35-26)22-7-3-2-4-8-22/h2-8,11,14-16H,9-10,12-13,17-18H2,1H3. The number of para-hydroxylation sites is 1. The van der Waals surface area contributed by atoms with E-state index >= 15 is 0 Å². The van der Waals surface area contributed by atoms with Gasteiger partial charge in [0.05, 0.1) is 12.1 Å². The normalized spacial score (nSPS) is 18.2. The number of hydrogen-bond donors (Lipinski definition) is 0. The van der Waals surface area contributed by atoms with E-state index in [1.165, 1.54) is 13.0 Å². The maximum absolute atomic E-state index is 13.7. The molecular weight excluding hydrogens is 455 g/mol. The Hall–Kier alpha value is -3.39. The van der Waals surface area contributed by atoms with Gasteiger partial charge in [-0.25, -0.2) is 4.79 Å². The van der Waals surface area contributed by atoms with E-state index in [-0.39, 0.29) is 11.7 Å². The number of amides is 1. The molecule has 0 aliphatic carbocycles. The summed E-state index contributed by atoms with van der Waals surface area (Å²) in [7, 11) is 0. The number of piperidine rings is 1. The van der Waals surface area contributed by atoms with Gasteiger partial charge in [-0.2, -0.15) is 13.2 Å². The molecule has 2 aromatic carbocycles. The van der Waals surface area contributed by atoms with E-state index in [9.17, 15) is 18.0 Å². The minimum atomic E-state index is -4.42. The molecule has 35 heavy (non-hydrogen) atoms. The summed E-state index contributed by atoms with van der Waals surface area (Å²) in [4.78, 5) is 20.5. The summed E-state index contributed by atoms with van der Waals surface area (Å²) >= 11 is 0. The highest BCUT2D eigenvalue weighted by molar-refractivity contribution is 5.90. The van der Waals surface area contributed by atoms with Crippen molar-refractivity contribution in [1.29, 1.82) is 0 Å². The Balaban J connectivity index is 1.35. The van der Waals surface area contributed by atoms with Crippen molar-refractivity contribution in [2.75, 3.05) is 24.5 Å². The van der Waals surface area contributed by atoms with Crippen LogP contribution in [0, 0.1) is 6.92 Å². The van der Waals surface area contributed by atoms with Crippen LogP contribution < -0.4 is 4.90 Å². The molecule has 0 unspecified atom stereocenters. The van der Waals surface area contributed by atoms with Crippen LogP contribution in [0.5, 0.6) is 0 Å². The molecule has 3 heterocycles. The number of benzene rings is 2. The molecule has 0 saturated carbocycles. The fourth-order valence-electron chi connectivity index (χ4n) is 5.03. The largest absolute Gasteiger partial charge is 0.441 e. The molecule has 0 N–H and O–H groups in total. The van der Waals surface area contributed by atoms with Gasteiger partial charge >= 0.3 is 12.3 Å². The van der Waals surface area contributed by atoms with Crippen LogP contribution in [0.4, 0.5) is 23.7 Å². The van der Waals surface area contributed by atoms with E-state index in [0.29, 0.717) is 44.6 Å². The summed E-state index contributed by atoms with van der Waals surface area (Å²) in [5.74, 6) is 0. The smallest absolute Gasteiger partial charge is 0.416 e. The molecule has 0 atom stereocenters. The fourth-order valence-corrected chi connectivity index (χ4v) is 5.03. The first-order chi connectivity index (χ1) is 16.7. The molecule has 2 fully saturated rings. The predicted molar refractivity (Wildman–Crippen MR) is 127 cm³/mol. The number of carbonyl (C=O) groups is 1. The molecule has 8 heteroatoms. The van der Waals surface area contributed by atoms with Gasteiger partial charge in [-0.3, -0.25) is 14.8 Å². The van der Waals surface area contributed by atoms with Gasteiger partial charge in [0, 0.05) is 56.1 Å². The third kappa shape index (κ3) is 4.75. The molecule has 2 aliphatic heterocycles. The van der Waals surface area contributed by atoms with Gasteiger partial charge in [0.2, 0.25) is 0 Å². The predicted octanol–water partition coefficient (Wildman–Crippen LogP) is 6.07. The van der Waals surface area contributed by atoms with Crippen LogP contribution in [0.15, 0.2) is 67.0 Å². The summed E-state index contributed by atoms with van der Waals surface area (Å²) in [5, 5.41) is 0. The van der Waals surface area contributed by atoms with Gasteiger partial charge in [-0.15, -0.1) is 0 Å². The lowest BCUT2D eigenvalue weighted by Gasteiger charge is -2.37. The first kappa shape index (κ1) is 23.4. The number of hydrogen-bond acceptors (Lipinski definition) is 4. The van der Waals surface area contributed by atoms with Gasteiger partial charge in [-0.05, 0) is 47.9 Å². The first-order valence-electron chi connectivity index (χ1n) is 11.6. The third-order valence-electron chi connectivity index (χ3n) is 6.93. The van der Waals surface area contributed by atoms with Crippen molar-refractivity contribution in [3.8, 4) is 11.1 Å². The van der Waals surface area contributed by atoms with Gasteiger partial charge < -0.3 is 4.74 Å². The summed E-state index contributed by atoms with van der Waals surface area (Å²) in [5.41, 5.74) is 1.97. The number of halogens is 3. The molecule has 2 aliphatic rings. The SMILES string of the molecule is Cc1cc(-c2cccnc2)c(CN2CCC3(CC2)CN(c2ccccc2)C(=O)O3)cc1C(F)(F)F. The van der Waals surface area contributed by atoms with E-state index in [1.807, 2.05) is 36.4 Å². The quantitative estimate of drug-likeness (QED) is 0.454. The van der Waals surface area contributed by atoms with Gasteiger partial charge in [-0.1, -0.05) is 30.3 Å². The van der Waals surface area contributed by atoms with Gasteiger partial charge in [0.15, 0.2) is 0 Å². The minimum Gasteiger partial charge on any atom is -0.441 e. The molecule has 5 nitrogen and oxygen atoms in total. The van der Waals surface area contributed by atoms with E-state index in [2.05, 4.69) is 9.88 Å². The average molecular weight is 482 g/mol. The van der Waals surface area contributed by atoms with Gasteiger partial charge in [0.25, 0.3) is 0 Å². The highest BCUT2D eigenvalue weighted by atomic mass is 19.4. The highest BCUT2D eigenvalue weighted by Gasteiger charge is 2.47. The number of likely N-dealkylation sites (tertiary alicyclic amines) is 1. The van der Waals surface area contributed by atoms with Gasteiger partial charge in [0.1, 0.15) is 5.60 Å². The number of aryl methyl sites for hydroxylation is 1.